The Labute approximate surface area is 131 Å². The largest absolute Gasteiger partial charge is 0.467 e. The first-order valence-corrected chi connectivity index (χ1v) is 6.51. The number of carbonyl (C=O) groups excluding carboxylic acids is 2. The Balaban J connectivity index is 2.89. The molecule has 126 valence electrons. The van der Waals surface area contributed by atoms with Gasteiger partial charge in [-0.1, -0.05) is 36.4 Å². The number of amides is 1. The molecule has 5 nitrogen and oxygen atoms in total. The molecule has 0 saturated carbocycles. The van der Waals surface area contributed by atoms with E-state index in [1.165, 1.54) is 0 Å². The van der Waals surface area contributed by atoms with Crippen LogP contribution < -0.4 is 5.32 Å². The van der Waals surface area contributed by atoms with Crippen LogP contribution in [0.4, 0.5) is 18.0 Å². The summed E-state index contributed by atoms with van der Waals surface area (Å²) in [5, 5.41) is 1.56. The molecule has 0 aliphatic rings. The number of halogens is 3. The zero-order valence-corrected chi connectivity index (χ0v) is 12.4. The summed E-state index contributed by atoms with van der Waals surface area (Å²) in [6.45, 7) is 2.94. The minimum absolute atomic E-state index is 0.240. The van der Waals surface area contributed by atoms with Gasteiger partial charge in [0, 0.05) is 6.42 Å². The first-order valence-electron chi connectivity index (χ1n) is 6.51. The first kappa shape index (κ1) is 18.5. The fourth-order valence-electron chi connectivity index (χ4n) is 1.81. The van der Waals surface area contributed by atoms with Crippen molar-refractivity contribution < 1.29 is 32.2 Å². The van der Waals surface area contributed by atoms with E-state index in [1.807, 2.05) is 0 Å². The smallest absolute Gasteiger partial charge is 0.422 e. The van der Waals surface area contributed by atoms with E-state index in [4.69, 9.17) is 4.74 Å². The van der Waals surface area contributed by atoms with Crippen molar-refractivity contribution in [2.45, 2.75) is 24.7 Å². The van der Waals surface area contributed by atoms with Gasteiger partial charge in [-0.2, -0.15) is 13.2 Å². The van der Waals surface area contributed by atoms with Gasteiger partial charge in [0.15, 0.2) is 0 Å². The maximum atomic E-state index is 13.3. The highest BCUT2D eigenvalue weighted by atomic mass is 19.4. The average Bonchev–Trinajstić information content (AvgIpc) is 2.51. The van der Waals surface area contributed by atoms with Crippen LogP contribution >= 0.6 is 0 Å². The third-order valence-electron chi connectivity index (χ3n) is 3.00. The van der Waals surface area contributed by atoms with Gasteiger partial charge in [0.2, 0.25) is 5.54 Å². The molecule has 1 aromatic rings. The molecule has 1 unspecified atom stereocenters. The monoisotopic (exact) mass is 331 g/mol. The molecule has 0 spiro atoms. The van der Waals surface area contributed by atoms with Crippen LogP contribution in [0.5, 0.6) is 0 Å². The molecule has 8 heteroatoms. The Morgan fingerprint density at radius 1 is 1.26 bits per heavy atom. The van der Waals surface area contributed by atoms with Crippen molar-refractivity contribution in [3.8, 4) is 0 Å². The number of ether oxygens (including phenoxy) is 2. The van der Waals surface area contributed by atoms with Gasteiger partial charge in [-0.15, -0.1) is 6.58 Å². The van der Waals surface area contributed by atoms with E-state index in [0.29, 0.717) is 5.56 Å². The lowest BCUT2D eigenvalue weighted by atomic mass is 9.94. The molecule has 0 saturated heterocycles. The molecular weight excluding hydrogens is 315 g/mol. The number of nitrogens with one attached hydrogen (secondary N) is 1. The molecule has 1 atom stereocenters. The number of benzene rings is 1. The molecule has 1 N–H and O–H groups in total. The molecule has 0 aromatic heterocycles. The van der Waals surface area contributed by atoms with Crippen LogP contribution in [0.1, 0.15) is 12.0 Å². The van der Waals surface area contributed by atoms with Gasteiger partial charge in [0.1, 0.15) is 6.61 Å². The maximum absolute atomic E-state index is 13.3. The highest BCUT2D eigenvalue weighted by molar-refractivity contribution is 5.87. The summed E-state index contributed by atoms with van der Waals surface area (Å²) in [6.07, 6.45) is -6.50. The predicted octanol–water partition coefficient (Wildman–Crippen LogP) is 2.96. The Kier molecular flexibility index (Phi) is 6.18. The zero-order chi connectivity index (χ0) is 17.5. The van der Waals surface area contributed by atoms with Gasteiger partial charge in [-0.3, -0.25) is 5.32 Å². The van der Waals surface area contributed by atoms with Crippen molar-refractivity contribution in [1.82, 2.24) is 5.32 Å². The number of alkyl carbamates (subject to hydrolysis) is 1. The molecule has 0 aliphatic heterocycles. The third-order valence-corrected chi connectivity index (χ3v) is 3.00. The summed E-state index contributed by atoms with van der Waals surface area (Å²) < 4.78 is 48.8. The molecular formula is C15H16F3NO4. The van der Waals surface area contributed by atoms with E-state index in [2.05, 4.69) is 11.3 Å². The molecule has 0 radical (unpaired) electrons. The Hall–Kier alpha value is -2.51. The van der Waals surface area contributed by atoms with Gasteiger partial charge < -0.3 is 9.47 Å². The van der Waals surface area contributed by atoms with Crippen molar-refractivity contribution in [2.24, 2.45) is 0 Å². The average molecular weight is 331 g/mol. The molecule has 1 amide bonds. The lowest BCUT2D eigenvalue weighted by molar-refractivity contribution is -0.209. The minimum Gasteiger partial charge on any atom is -0.467 e. The van der Waals surface area contributed by atoms with Crippen LogP contribution in [0.25, 0.3) is 0 Å². The number of hydrogen-bond acceptors (Lipinski definition) is 4. The number of alkyl halides is 3. The summed E-state index contributed by atoms with van der Waals surface area (Å²) in [7, 11) is 0.795. The van der Waals surface area contributed by atoms with E-state index in [0.717, 1.165) is 13.2 Å². The Morgan fingerprint density at radius 2 is 1.87 bits per heavy atom. The quantitative estimate of drug-likeness (QED) is 0.643. The molecule has 0 fully saturated rings. The van der Waals surface area contributed by atoms with Crippen LogP contribution in [0.2, 0.25) is 0 Å². The molecule has 0 bridgehead atoms. The fourth-order valence-corrected chi connectivity index (χ4v) is 1.81. The highest BCUT2D eigenvalue weighted by Gasteiger charge is 2.62. The lowest BCUT2D eigenvalue weighted by Crippen LogP contribution is -2.64. The second-order valence-electron chi connectivity index (χ2n) is 4.57. The molecule has 23 heavy (non-hydrogen) atoms. The lowest BCUT2D eigenvalue weighted by Gasteiger charge is -2.32. The summed E-state index contributed by atoms with van der Waals surface area (Å²) in [4.78, 5) is 23.3. The second kappa shape index (κ2) is 7.66. The fraction of sp³-hybridized carbons (Fsp3) is 0.333. The molecule has 1 rings (SSSR count). The van der Waals surface area contributed by atoms with Gasteiger partial charge in [-0.05, 0) is 5.56 Å². The number of esters is 1. The first-order chi connectivity index (χ1) is 10.8. The minimum atomic E-state index is -5.08. The van der Waals surface area contributed by atoms with Crippen molar-refractivity contribution in [3.63, 3.8) is 0 Å². The zero-order valence-electron chi connectivity index (χ0n) is 12.4. The van der Waals surface area contributed by atoms with E-state index >= 15 is 0 Å². The summed E-state index contributed by atoms with van der Waals surface area (Å²) in [5.41, 5.74) is -2.65. The topological polar surface area (TPSA) is 64.6 Å². The van der Waals surface area contributed by atoms with Gasteiger partial charge in [0.05, 0.1) is 7.11 Å². The highest BCUT2D eigenvalue weighted by Crippen LogP contribution is 2.35. The summed E-state index contributed by atoms with van der Waals surface area (Å²) in [6, 6.07) is 8.37. The number of methoxy groups -OCH3 is 1. The van der Waals surface area contributed by atoms with Crippen molar-refractivity contribution >= 4 is 12.1 Å². The summed E-state index contributed by atoms with van der Waals surface area (Å²) in [5.74, 6) is -1.65. The molecule has 1 aromatic carbocycles. The normalized spacial score (nSPS) is 13.6. The van der Waals surface area contributed by atoms with Crippen LogP contribution in [0.15, 0.2) is 43.0 Å². The van der Waals surface area contributed by atoms with Crippen LogP contribution in [-0.4, -0.2) is 30.9 Å². The van der Waals surface area contributed by atoms with E-state index in [-0.39, 0.29) is 6.61 Å². The Bertz CT molecular complexity index is 560. The maximum Gasteiger partial charge on any atom is 0.422 e. The van der Waals surface area contributed by atoms with Gasteiger partial charge in [0.25, 0.3) is 0 Å². The van der Waals surface area contributed by atoms with E-state index < -0.39 is 30.2 Å². The Morgan fingerprint density at radius 3 is 2.35 bits per heavy atom. The van der Waals surface area contributed by atoms with Gasteiger partial charge in [-0.25, -0.2) is 9.59 Å². The van der Waals surface area contributed by atoms with Crippen molar-refractivity contribution in [1.29, 1.82) is 0 Å². The summed E-state index contributed by atoms with van der Waals surface area (Å²) >= 11 is 0. The number of rotatable bonds is 6. The SMILES string of the molecule is C=CCC(NC(=O)OCc1ccccc1)(C(=O)OC)C(F)(F)F. The van der Waals surface area contributed by atoms with Gasteiger partial charge >= 0.3 is 18.2 Å². The van der Waals surface area contributed by atoms with Crippen LogP contribution in [0, 0.1) is 0 Å². The third kappa shape index (κ3) is 4.48. The van der Waals surface area contributed by atoms with E-state index in [1.54, 1.807) is 35.6 Å². The molecule has 0 aliphatic carbocycles. The number of carbonyl (C=O) groups is 2. The number of hydrogen-bond donors (Lipinski definition) is 1. The van der Waals surface area contributed by atoms with Crippen LogP contribution in [-0.2, 0) is 20.9 Å². The van der Waals surface area contributed by atoms with Crippen molar-refractivity contribution in [3.05, 3.63) is 48.6 Å². The van der Waals surface area contributed by atoms with Crippen LogP contribution in [0.3, 0.4) is 0 Å². The standard InChI is InChI=1S/C15H16F3NO4/c1-3-9-14(12(20)22-2,15(16,17)18)19-13(21)23-10-11-7-5-4-6-8-11/h3-8H,1,9-10H2,2H3,(H,19,21). The van der Waals surface area contributed by atoms with E-state index in [9.17, 15) is 22.8 Å². The molecule has 0 heterocycles. The second-order valence-corrected chi connectivity index (χ2v) is 4.57. The predicted molar refractivity (Wildman–Crippen MR) is 75.4 cm³/mol. The van der Waals surface area contributed by atoms with Crippen molar-refractivity contribution in [2.75, 3.05) is 7.11 Å².